The molecule has 2 aromatic rings. The number of ether oxygens (including phenoxy) is 1. The van der Waals surface area contributed by atoms with Crippen LogP contribution in [-0.2, 0) is 19.5 Å². The fraction of sp³-hybridized carbons (Fsp3) is 0.520. The summed E-state index contributed by atoms with van der Waals surface area (Å²) in [5.41, 5.74) is 4.06. The second-order valence-electron chi connectivity index (χ2n) is 8.52. The first-order chi connectivity index (χ1) is 14.3. The number of hydrogen-bond acceptors (Lipinski definition) is 4. The Balaban J connectivity index is 1.29. The third-order valence-electron chi connectivity index (χ3n) is 6.18. The number of para-hydroxylation sites is 1. The molecule has 0 saturated carbocycles. The SMILES string of the molecule is OC(COc1ccccc1CN1CCCCCC1)CN1CCc2ccccc2C1. The van der Waals surface area contributed by atoms with E-state index in [1.165, 1.54) is 55.5 Å². The van der Waals surface area contributed by atoms with Crippen molar-refractivity contribution in [1.82, 2.24) is 9.80 Å². The molecular weight excluding hydrogens is 360 g/mol. The zero-order chi connectivity index (χ0) is 19.9. The molecule has 0 bridgehead atoms. The number of fused-ring (bicyclic) bond motifs is 1. The van der Waals surface area contributed by atoms with Crippen molar-refractivity contribution in [3.05, 3.63) is 65.2 Å². The molecular formula is C25H34N2O2. The van der Waals surface area contributed by atoms with Crippen LogP contribution in [0, 0.1) is 0 Å². The summed E-state index contributed by atoms with van der Waals surface area (Å²) in [5, 5.41) is 10.6. The second-order valence-corrected chi connectivity index (χ2v) is 8.52. The lowest BCUT2D eigenvalue weighted by Gasteiger charge is -2.30. The number of likely N-dealkylation sites (tertiary alicyclic amines) is 1. The van der Waals surface area contributed by atoms with Crippen molar-refractivity contribution in [1.29, 1.82) is 0 Å². The highest BCUT2D eigenvalue weighted by atomic mass is 16.5. The fourth-order valence-corrected chi connectivity index (χ4v) is 4.56. The van der Waals surface area contributed by atoms with Gasteiger partial charge in [-0.05, 0) is 49.5 Å². The molecule has 4 nitrogen and oxygen atoms in total. The largest absolute Gasteiger partial charge is 0.491 e. The Labute approximate surface area is 175 Å². The van der Waals surface area contributed by atoms with Crippen LogP contribution in [0.2, 0.25) is 0 Å². The van der Waals surface area contributed by atoms with Crippen molar-refractivity contribution < 1.29 is 9.84 Å². The highest BCUT2D eigenvalue weighted by Gasteiger charge is 2.19. The van der Waals surface area contributed by atoms with Crippen LogP contribution in [0.25, 0.3) is 0 Å². The van der Waals surface area contributed by atoms with Gasteiger partial charge < -0.3 is 9.84 Å². The van der Waals surface area contributed by atoms with Crippen LogP contribution in [-0.4, -0.2) is 53.8 Å². The van der Waals surface area contributed by atoms with Gasteiger partial charge in [0.15, 0.2) is 0 Å². The zero-order valence-corrected chi connectivity index (χ0v) is 17.4. The standard InChI is InChI=1S/C25H34N2O2/c28-24(19-27-16-13-21-9-3-4-10-22(21)17-27)20-29-25-12-6-5-11-23(25)18-26-14-7-1-2-8-15-26/h3-6,9-12,24,28H,1-2,7-8,13-20H2. The number of hydrogen-bond donors (Lipinski definition) is 1. The molecule has 4 rings (SSSR count). The third-order valence-corrected chi connectivity index (χ3v) is 6.18. The predicted molar refractivity (Wildman–Crippen MR) is 117 cm³/mol. The summed E-state index contributed by atoms with van der Waals surface area (Å²) in [6, 6.07) is 16.9. The van der Waals surface area contributed by atoms with Gasteiger partial charge in [0.1, 0.15) is 18.5 Å². The summed E-state index contributed by atoms with van der Waals surface area (Å²) in [6.45, 7) is 6.20. The van der Waals surface area contributed by atoms with Gasteiger partial charge in [-0.15, -0.1) is 0 Å². The quantitative estimate of drug-likeness (QED) is 0.774. The monoisotopic (exact) mass is 394 g/mol. The number of nitrogens with zero attached hydrogens (tertiary/aromatic N) is 2. The van der Waals surface area contributed by atoms with E-state index < -0.39 is 6.10 Å². The summed E-state index contributed by atoms with van der Waals surface area (Å²) >= 11 is 0. The molecule has 29 heavy (non-hydrogen) atoms. The molecule has 0 spiro atoms. The first-order valence-electron chi connectivity index (χ1n) is 11.2. The summed E-state index contributed by atoms with van der Waals surface area (Å²) in [6.07, 6.45) is 5.86. The van der Waals surface area contributed by atoms with E-state index >= 15 is 0 Å². The minimum atomic E-state index is -0.480. The van der Waals surface area contributed by atoms with E-state index in [9.17, 15) is 5.11 Å². The molecule has 1 atom stereocenters. The molecule has 156 valence electrons. The number of aliphatic hydroxyl groups excluding tert-OH is 1. The van der Waals surface area contributed by atoms with Crippen LogP contribution in [0.5, 0.6) is 5.75 Å². The number of benzene rings is 2. The van der Waals surface area contributed by atoms with Crippen molar-refractivity contribution >= 4 is 0 Å². The van der Waals surface area contributed by atoms with Crippen molar-refractivity contribution in [2.45, 2.75) is 51.3 Å². The van der Waals surface area contributed by atoms with Gasteiger partial charge in [-0.1, -0.05) is 55.3 Å². The first-order valence-corrected chi connectivity index (χ1v) is 11.2. The van der Waals surface area contributed by atoms with Crippen LogP contribution in [0.1, 0.15) is 42.4 Å². The van der Waals surface area contributed by atoms with Gasteiger partial charge in [0, 0.05) is 31.7 Å². The number of aliphatic hydroxyl groups is 1. The van der Waals surface area contributed by atoms with E-state index in [-0.39, 0.29) is 0 Å². The Morgan fingerprint density at radius 1 is 0.828 bits per heavy atom. The van der Waals surface area contributed by atoms with E-state index in [0.29, 0.717) is 13.2 Å². The van der Waals surface area contributed by atoms with Crippen LogP contribution in [0.4, 0.5) is 0 Å². The van der Waals surface area contributed by atoms with Gasteiger partial charge >= 0.3 is 0 Å². The van der Waals surface area contributed by atoms with E-state index in [4.69, 9.17) is 4.74 Å². The molecule has 0 amide bonds. The Bertz CT molecular complexity index is 771. The van der Waals surface area contributed by atoms with Gasteiger partial charge in [-0.2, -0.15) is 0 Å². The molecule has 0 aromatic heterocycles. The molecule has 1 unspecified atom stereocenters. The molecule has 1 fully saturated rings. The summed E-state index contributed by atoms with van der Waals surface area (Å²) < 4.78 is 6.08. The van der Waals surface area contributed by atoms with Crippen molar-refractivity contribution in [2.75, 3.05) is 32.8 Å². The maximum atomic E-state index is 10.6. The van der Waals surface area contributed by atoms with Crippen LogP contribution >= 0.6 is 0 Å². The van der Waals surface area contributed by atoms with Crippen molar-refractivity contribution in [2.24, 2.45) is 0 Å². The predicted octanol–water partition coefficient (Wildman–Crippen LogP) is 3.86. The smallest absolute Gasteiger partial charge is 0.123 e. The van der Waals surface area contributed by atoms with E-state index in [0.717, 1.165) is 31.8 Å². The maximum absolute atomic E-state index is 10.6. The average Bonchev–Trinajstić information content (AvgIpc) is 3.02. The molecule has 2 aliphatic rings. The minimum Gasteiger partial charge on any atom is -0.491 e. The molecule has 0 aliphatic carbocycles. The number of rotatable bonds is 7. The molecule has 1 N–H and O–H groups in total. The second kappa shape index (κ2) is 10.2. The van der Waals surface area contributed by atoms with Gasteiger partial charge in [-0.25, -0.2) is 0 Å². The molecule has 4 heteroatoms. The lowest BCUT2D eigenvalue weighted by molar-refractivity contribution is 0.0631. The molecule has 2 aliphatic heterocycles. The molecule has 0 radical (unpaired) electrons. The molecule has 2 heterocycles. The Hall–Kier alpha value is -1.88. The van der Waals surface area contributed by atoms with E-state index in [2.05, 4.69) is 46.2 Å². The Morgan fingerprint density at radius 3 is 2.38 bits per heavy atom. The average molecular weight is 395 g/mol. The first kappa shape index (κ1) is 20.4. The summed E-state index contributed by atoms with van der Waals surface area (Å²) in [4.78, 5) is 4.87. The highest BCUT2D eigenvalue weighted by Crippen LogP contribution is 2.22. The number of β-amino-alcohol motifs (C(OH)–C–C–N with tert-alkyl or cyclic N) is 1. The van der Waals surface area contributed by atoms with Gasteiger partial charge in [-0.3, -0.25) is 9.80 Å². The lowest BCUT2D eigenvalue weighted by Crippen LogP contribution is -2.38. The highest BCUT2D eigenvalue weighted by molar-refractivity contribution is 5.33. The van der Waals surface area contributed by atoms with Gasteiger partial charge in [0.2, 0.25) is 0 Å². The maximum Gasteiger partial charge on any atom is 0.123 e. The van der Waals surface area contributed by atoms with E-state index in [1.54, 1.807) is 0 Å². The van der Waals surface area contributed by atoms with Gasteiger partial charge in [0.25, 0.3) is 0 Å². The van der Waals surface area contributed by atoms with Crippen LogP contribution < -0.4 is 4.74 Å². The Morgan fingerprint density at radius 2 is 1.55 bits per heavy atom. The van der Waals surface area contributed by atoms with Crippen molar-refractivity contribution in [3.8, 4) is 5.75 Å². The fourth-order valence-electron chi connectivity index (χ4n) is 4.56. The normalized spacial score (nSPS) is 19.3. The molecule has 2 aromatic carbocycles. The van der Waals surface area contributed by atoms with Crippen LogP contribution in [0.3, 0.4) is 0 Å². The van der Waals surface area contributed by atoms with E-state index in [1.807, 2.05) is 12.1 Å². The topological polar surface area (TPSA) is 35.9 Å². The Kier molecular flexibility index (Phi) is 7.20. The third kappa shape index (κ3) is 5.81. The summed E-state index contributed by atoms with van der Waals surface area (Å²) in [5.74, 6) is 0.916. The van der Waals surface area contributed by atoms with Crippen LogP contribution in [0.15, 0.2) is 48.5 Å². The minimum absolute atomic E-state index is 0.342. The zero-order valence-electron chi connectivity index (χ0n) is 17.4. The lowest BCUT2D eigenvalue weighted by atomic mass is 10.00. The van der Waals surface area contributed by atoms with Crippen molar-refractivity contribution in [3.63, 3.8) is 0 Å². The molecule has 1 saturated heterocycles. The van der Waals surface area contributed by atoms with Gasteiger partial charge in [0.05, 0.1) is 0 Å². The summed E-state index contributed by atoms with van der Waals surface area (Å²) in [7, 11) is 0.